The summed E-state index contributed by atoms with van der Waals surface area (Å²) in [6.45, 7) is 6.57. The Labute approximate surface area is 151 Å². The molecule has 26 heavy (non-hydrogen) atoms. The van der Waals surface area contributed by atoms with Crippen LogP contribution < -0.4 is 5.32 Å². The highest BCUT2D eigenvalue weighted by atomic mass is 19.4. The fourth-order valence-corrected chi connectivity index (χ4v) is 3.73. The maximum Gasteiger partial charge on any atom is 0.416 e. The van der Waals surface area contributed by atoms with Gasteiger partial charge in [-0.15, -0.1) is 0 Å². The minimum Gasteiger partial charge on any atom is -0.375 e. The number of morpholine rings is 1. The molecule has 0 unspecified atom stereocenters. The molecule has 2 aliphatic heterocycles. The third kappa shape index (κ3) is 4.57. The van der Waals surface area contributed by atoms with E-state index in [9.17, 15) is 18.0 Å². The second-order valence-corrected chi connectivity index (χ2v) is 7.60. The number of hydrogen-bond acceptors (Lipinski definition) is 3. The largest absolute Gasteiger partial charge is 0.416 e. The first kappa shape index (κ1) is 19.2. The summed E-state index contributed by atoms with van der Waals surface area (Å²) < 4.78 is 44.2. The number of alkyl halides is 3. The number of benzene rings is 1. The van der Waals surface area contributed by atoms with Crippen molar-refractivity contribution in [3.8, 4) is 0 Å². The molecule has 144 valence electrons. The van der Waals surface area contributed by atoms with Crippen molar-refractivity contribution in [2.24, 2.45) is 5.92 Å². The summed E-state index contributed by atoms with van der Waals surface area (Å²) in [6.07, 6.45) is -3.41. The summed E-state index contributed by atoms with van der Waals surface area (Å²) in [6, 6.07) is 5.27. The van der Waals surface area contributed by atoms with E-state index in [1.54, 1.807) is 6.07 Å². The average molecular weight is 370 g/mol. The lowest BCUT2D eigenvalue weighted by Gasteiger charge is -2.36. The van der Waals surface area contributed by atoms with Gasteiger partial charge in [0.1, 0.15) is 0 Å². The van der Waals surface area contributed by atoms with Crippen molar-refractivity contribution in [2.45, 2.75) is 51.1 Å². The summed E-state index contributed by atoms with van der Waals surface area (Å²) in [7, 11) is 0. The first-order valence-corrected chi connectivity index (χ1v) is 9.03. The van der Waals surface area contributed by atoms with Crippen LogP contribution in [-0.2, 0) is 22.1 Å². The molecule has 0 bridgehead atoms. The molecule has 2 heterocycles. The Morgan fingerprint density at radius 1 is 1.35 bits per heavy atom. The van der Waals surface area contributed by atoms with E-state index in [2.05, 4.69) is 24.1 Å². The summed E-state index contributed by atoms with van der Waals surface area (Å²) in [4.78, 5) is 14.6. The Kier molecular flexibility index (Phi) is 5.58. The topological polar surface area (TPSA) is 41.6 Å². The van der Waals surface area contributed by atoms with Gasteiger partial charge < -0.3 is 10.1 Å². The molecule has 0 radical (unpaired) electrons. The normalized spacial score (nSPS) is 26.8. The molecule has 0 spiro atoms. The van der Waals surface area contributed by atoms with Gasteiger partial charge in [-0.25, -0.2) is 0 Å². The molecule has 0 aliphatic carbocycles. The van der Waals surface area contributed by atoms with Gasteiger partial charge in [-0.2, -0.15) is 13.2 Å². The number of carbonyl (C=O) groups excluding carboxylic acids is 1. The number of halogens is 3. The van der Waals surface area contributed by atoms with Crippen LogP contribution in [0.15, 0.2) is 24.3 Å². The Bertz CT molecular complexity index is 648. The summed E-state index contributed by atoms with van der Waals surface area (Å²) in [5.74, 6) is 0.209. The van der Waals surface area contributed by atoms with Crippen LogP contribution in [0.1, 0.15) is 31.4 Å². The zero-order valence-electron chi connectivity index (χ0n) is 15.1. The minimum absolute atomic E-state index is 0.0211. The van der Waals surface area contributed by atoms with E-state index >= 15 is 0 Å². The van der Waals surface area contributed by atoms with Gasteiger partial charge in [0.2, 0.25) is 5.91 Å². The smallest absolute Gasteiger partial charge is 0.375 e. The van der Waals surface area contributed by atoms with Crippen LogP contribution in [0.3, 0.4) is 0 Å². The molecule has 2 aliphatic rings. The van der Waals surface area contributed by atoms with Crippen LogP contribution in [0, 0.1) is 5.92 Å². The lowest BCUT2D eigenvalue weighted by molar-refractivity contribution is -0.137. The third-order valence-corrected chi connectivity index (χ3v) is 5.17. The molecular formula is C19H25F3N2O2. The number of rotatable bonds is 4. The highest BCUT2D eigenvalue weighted by Crippen LogP contribution is 2.30. The van der Waals surface area contributed by atoms with E-state index < -0.39 is 11.7 Å². The first-order valence-electron chi connectivity index (χ1n) is 9.03. The van der Waals surface area contributed by atoms with Crippen LogP contribution in [0.5, 0.6) is 0 Å². The third-order valence-electron chi connectivity index (χ3n) is 5.17. The van der Waals surface area contributed by atoms with Crippen molar-refractivity contribution in [2.75, 3.05) is 19.7 Å². The van der Waals surface area contributed by atoms with Gasteiger partial charge in [0.05, 0.1) is 24.7 Å². The second-order valence-electron chi connectivity index (χ2n) is 7.60. The fourth-order valence-electron chi connectivity index (χ4n) is 3.73. The summed E-state index contributed by atoms with van der Waals surface area (Å²) in [5.41, 5.74) is -0.353. The molecule has 1 aromatic rings. The van der Waals surface area contributed by atoms with Gasteiger partial charge in [-0.1, -0.05) is 32.0 Å². The zero-order chi connectivity index (χ0) is 18.9. The molecule has 3 atom stereocenters. The summed E-state index contributed by atoms with van der Waals surface area (Å²) >= 11 is 0. The first-order chi connectivity index (χ1) is 12.2. The van der Waals surface area contributed by atoms with Crippen molar-refractivity contribution in [1.29, 1.82) is 0 Å². The van der Waals surface area contributed by atoms with E-state index in [4.69, 9.17) is 4.74 Å². The molecule has 3 rings (SSSR count). The number of hydrogen-bond donors (Lipinski definition) is 1. The van der Waals surface area contributed by atoms with Crippen LogP contribution in [0.4, 0.5) is 13.2 Å². The van der Waals surface area contributed by atoms with Crippen molar-refractivity contribution in [3.05, 3.63) is 35.4 Å². The number of nitrogens with zero attached hydrogens (tertiary/aromatic N) is 1. The molecule has 2 saturated heterocycles. The Balaban J connectivity index is 1.53. The average Bonchev–Trinajstić information content (AvgIpc) is 2.95. The van der Waals surface area contributed by atoms with Gasteiger partial charge in [0, 0.05) is 25.2 Å². The second kappa shape index (κ2) is 7.56. The van der Waals surface area contributed by atoms with Gasteiger partial charge >= 0.3 is 6.18 Å². The number of nitrogens with one attached hydrogen (secondary N) is 1. The van der Waals surface area contributed by atoms with Crippen LogP contribution >= 0.6 is 0 Å². The predicted molar refractivity (Wildman–Crippen MR) is 91.6 cm³/mol. The lowest BCUT2D eigenvalue weighted by Crippen LogP contribution is -2.48. The van der Waals surface area contributed by atoms with E-state index in [1.807, 2.05) is 0 Å². The SMILES string of the molecule is CC(C)[C@@H]1CN2C[C@@H](NC(=O)Cc3cccc(C(F)(F)F)c3)C[C@H]2CO1. The van der Waals surface area contributed by atoms with Gasteiger partial charge in [-0.05, 0) is 24.0 Å². The highest BCUT2D eigenvalue weighted by Gasteiger charge is 2.38. The number of fused-ring (bicyclic) bond motifs is 1. The fraction of sp³-hybridized carbons (Fsp3) is 0.632. The standard InChI is InChI=1S/C19H25F3N2O2/c1-12(2)17-10-24-9-15(8-16(24)11-26-17)23-18(25)7-13-4-3-5-14(6-13)19(20,21)22/h3-6,12,15-17H,7-11H2,1-2H3,(H,23,25)/t15-,16-,17-/m0/s1. The Hall–Kier alpha value is -1.60. The maximum absolute atomic E-state index is 12.8. The highest BCUT2D eigenvalue weighted by molar-refractivity contribution is 5.79. The molecule has 4 nitrogen and oxygen atoms in total. The lowest BCUT2D eigenvalue weighted by atomic mass is 10.0. The molecule has 0 aromatic heterocycles. The molecular weight excluding hydrogens is 345 g/mol. The molecule has 2 fully saturated rings. The molecule has 7 heteroatoms. The minimum atomic E-state index is -4.39. The van der Waals surface area contributed by atoms with Crippen LogP contribution in [0.25, 0.3) is 0 Å². The maximum atomic E-state index is 12.8. The van der Waals surface area contributed by atoms with Crippen LogP contribution in [-0.4, -0.2) is 48.7 Å². The number of carbonyl (C=O) groups is 1. The van der Waals surface area contributed by atoms with Gasteiger partial charge in [0.15, 0.2) is 0 Å². The molecule has 1 N–H and O–H groups in total. The van der Waals surface area contributed by atoms with Crippen molar-refractivity contribution < 1.29 is 22.7 Å². The van der Waals surface area contributed by atoms with E-state index in [0.717, 1.165) is 31.6 Å². The number of amides is 1. The predicted octanol–water partition coefficient (Wildman–Crippen LogP) is 2.86. The Morgan fingerprint density at radius 3 is 2.81 bits per heavy atom. The van der Waals surface area contributed by atoms with Crippen molar-refractivity contribution in [3.63, 3.8) is 0 Å². The van der Waals surface area contributed by atoms with Crippen molar-refractivity contribution in [1.82, 2.24) is 10.2 Å². The van der Waals surface area contributed by atoms with E-state index in [-0.39, 0.29) is 24.5 Å². The molecule has 1 aromatic carbocycles. The molecule has 0 saturated carbocycles. The van der Waals surface area contributed by atoms with E-state index in [1.165, 1.54) is 6.07 Å². The van der Waals surface area contributed by atoms with Gasteiger partial charge in [0.25, 0.3) is 0 Å². The zero-order valence-corrected chi connectivity index (χ0v) is 15.1. The molecule has 1 amide bonds. The van der Waals surface area contributed by atoms with E-state index in [0.29, 0.717) is 24.1 Å². The van der Waals surface area contributed by atoms with Gasteiger partial charge in [-0.3, -0.25) is 9.69 Å². The van der Waals surface area contributed by atoms with Crippen LogP contribution in [0.2, 0.25) is 0 Å². The van der Waals surface area contributed by atoms with Crippen molar-refractivity contribution >= 4 is 5.91 Å². The Morgan fingerprint density at radius 2 is 2.12 bits per heavy atom. The number of ether oxygens (including phenoxy) is 1. The quantitative estimate of drug-likeness (QED) is 0.886. The monoisotopic (exact) mass is 370 g/mol. The summed E-state index contributed by atoms with van der Waals surface area (Å²) in [5, 5.41) is 2.97.